The number of nitrogens with zero attached hydrogens (tertiary/aromatic N) is 12. The van der Waals surface area contributed by atoms with Gasteiger partial charge in [-0.3, -0.25) is 50.1 Å². The van der Waals surface area contributed by atoms with E-state index >= 15 is 0 Å². The first kappa shape index (κ1) is 69.8. The maximum absolute atomic E-state index is 12.0. The zero-order valence-electron chi connectivity index (χ0n) is 53.2. The Bertz CT molecular complexity index is 4810. The fourth-order valence-corrected chi connectivity index (χ4v) is 13.7. The van der Waals surface area contributed by atoms with Crippen LogP contribution in [0.2, 0.25) is 0 Å². The maximum atomic E-state index is 12.0. The molecule has 0 aromatic carbocycles. The first-order valence-corrected chi connectivity index (χ1v) is 31.0. The minimum Gasteiger partial charge on any atom is -0.394 e. The molecule has 8 aliphatic rings. The smallest absolute Gasteiger partial charge is 0.274 e. The number of ether oxygens (including phenoxy) is 4. The molecule has 8 aromatic heterocycles. The summed E-state index contributed by atoms with van der Waals surface area (Å²) in [5, 5.41) is 138. The minimum absolute atomic E-state index is 0. The van der Waals surface area contributed by atoms with Crippen LogP contribution in [-0.4, -0.2) is 227 Å². The van der Waals surface area contributed by atoms with Crippen LogP contribution in [0.25, 0.3) is 38.2 Å². The summed E-state index contributed by atoms with van der Waals surface area (Å²) >= 11 is 0. The summed E-state index contributed by atoms with van der Waals surface area (Å²) in [6.45, 7) is 7.68. The molecule has 1 amide bonds. The highest BCUT2D eigenvalue weighted by Crippen LogP contribution is 2.48. The van der Waals surface area contributed by atoms with Gasteiger partial charge >= 0.3 is 0 Å². The van der Waals surface area contributed by atoms with E-state index in [1.54, 1.807) is 74.9 Å². The molecule has 36 heteroatoms. The van der Waals surface area contributed by atoms with Crippen molar-refractivity contribution < 1.29 is 85.0 Å². The van der Waals surface area contributed by atoms with E-state index in [4.69, 9.17) is 24.4 Å². The molecule has 526 valence electrons. The number of hydrogen-bond acceptors (Lipinski definition) is 31. The van der Waals surface area contributed by atoms with Gasteiger partial charge in [0.15, 0.2) is 23.3 Å². The van der Waals surface area contributed by atoms with Gasteiger partial charge in [0.1, 0.15) is 149 Å². The van der Waals surface area contributed by atoms with Crippen molar-refractivity contribution in [2.75, 3.05) is 48.0 Å². The van der Waals surface area contributed by atoms with Crippen LogP contribution in [0.1, 0.15) is 105 Å². The second kappa shape index (κ2) is 25.9. The van der Waals surface area contributed by atoms with Gasteiger partial charge in [-0.05, 0) is 102 Å². The molecule has 0 spiro atoms. The normalized spacial score (nSPS) is 31.1. The highest BCUT2D eigenvalue weighted by molar-refractivity contribution is 5.98. The molecule has 0 bridgehead atoms. The monoisotopic (exact) mass is 1370 g/mol. The largest absolute Gasteiger partial charge is 0.394 e. The molecule has 0 radical (unpaired) electrons. The van der Waals surface area contributed by atoms with Gasteiger partial charge in [0.25, 0.3) is 11.1 Å². The minimum atomic E-state index is -1.61. The van der Waals surface area contributed by atoms with E-state index in [-0.39, 0.29) is 36.0 Å². The Balaban J connectivity index is 0.000000125. The number of hydrogen-bond donors (Lipinski definition) is 17. The van der Waals surface area contributed by atoms with E-state index in [1.807, 2.05) is 0 Å². The van der Waals surface area contributed by atoms with Gasteiger partial charge in [-0.2, -0.15) is 15.1 Å². The van der Waals surface area contributed by atoms with Crippen LogP contribution in [-0.2, 0) is 30.2 Å². The van der Waals surface area contributed by atoms with Crippen LogP contribution in [0.5, 0.6) is 0 Å². The average molecular weight is 1370 g/mol. The second-order valence-electron chi connectivity index (χ2n) is 25.7. The number of rotatable bonds is 8. The maximum Gasteiger partial charge on any atom is 0.274 e. The fraction of sp³-hybridized carbons (Fsp3) is 0.460. The number of aliphatic hydroxyl groups excluding tert-OH is 8. The van der Waals surface area contributed by atoms with Crippen molar-refractivity contribution in [3.63, 3.8) is 0 Å². The van der Waals surface area contributed by atoms with Crippen molar-refractivity contribution in [3.8, 4) is 0 Å². The van der Waals surface area contributed by atoms with E-state index in [0.29, 0.717) is 85.8 Å². The Hall–Kier alpha value is -9.06. The van der Waals surface area contributed by atoms with E-state index in [2.05, 4.69) is 61.6 Å². The Morgan fingerprint density at radius 3 is 1.47 bits per heavy atom. The molecule has 36 nitrogen and oxygen atoms in total. The summed E-state index contributed by atoms with van der Waals surface area (Å²) in [4.78, 5) is 64.2. The molecule has 16 heterocycles. The van der Waals surface area contributed by atoms with Crippen LogP contribution in [0, 0.1) is 19.3 Å². The summed E-state index contributed by atoms with van der Waals surface area (Å²) in [6.07, 6.45) is -5.65. The molecule has 17 N–H and O–H groups in total. The van der Waals surface area contributed by atoms with Crippen LogP contribution < -0.4 is 38.2 Å². The van der Waals surface area contributed by atoms with Gasteiger partial charge in [0.2, 0.25) is 5.91 Å². The number of aliphatic imine (C=N–C) groups is 3. The summed E-state index contributed by atoms with van der Waals surface area (Å²) in [7, 11) is 0. The van der Waals surface area contributed by atoms with Crippen molar-refractivity contribution in [3.05, 3.63) is 121 Å². The summed E-state index contributed by atoms with van der Waals surface area (Å²) in [5.74, 6) is 1.19. The van der Waals surface area contributed by atoms with Gasteiger partial charge in [-0.1, -0.05) is 7.43 Å². The number of anilines is 1. The number of amides is 1. The van der Waals surface area contributed by atoms with Crippen LogP contribution >= 0.6 is 0 Å². The lowest BCUT2D eigenvalue weighted by atomic mass is 9.91. The molecule has 0 saturated carbocycles. The number of nitrogens with one attached hydrogen (secondary N) is 5. The Morgan fingerprint density at radius 1 is 0.535 bits per heavy atom. The number of aromatic nitrogens is 9. The lowest BCUT2D eigenvalue weighted by molar-refractivity contribution is -0.116. The Morgan fingerprint density at radius 2 is 0.980 bits per heavy atom. The predicted molar refractivity (Wildman–Crippen MR) is 352 cm³/mol. The number of carbonyl (C=O) groups is 1. The van der Waals surface area contributed by atoms with Gasteiger partial charge in [0, 0.05) is 34.2 Å². The average Bonchev–Trinajstić information content (AvgIpc) is 1.61. The molecular formula is C63H75N17O19. The first-order valence-electron chi connectivity index (χ1n) is 31.0. The molecule has 0 unspecified atom stereocenters. The third-order valence-electron chi connectivity index (χ3n) is 19.0. The predicted octanol–water partition coefficient (Wildman–Crippen LogP) is -2.00. The lowest BCUT2D eigenvalue weighted by Gasteiger charge is -2.27. The highest BCUT2D eigenvalue weighted by atomic mass is 16.6. The van der Waals surface area contributed by atoms with E-state index in [9.17, 15) is 75.7 Å². The summed E-state index contributed by atoms with van der Waals surface area (Å²) < 4.78 is 29.3. The number of carbonyl (C=O) groups excluding carboxylic acids is 1. The van der Waals surface area contributed by atoms with E-state index in [0.717, 1.165) is 16.3 Å². The zero-order valence-corrected chi connectivity index (χ0v) is 53.2. The second-order valence-corrected chi connectivity index (χ2v) is 25.7. The molecule has 0 aliphatic carbocycles. The third kappa shape index (κ3) is 11.6. The number of aryl methyl sites for hydroxylation is 3. The molecule has 16 rings (SSSR count). The molecule has 16 atom stereocenters. The fourth-order valence-electron chi connectivity index (χ4n) is 13.7. The van der Waals surface area contributed by atoms with Crippen molar-refractivity contribution in [1.82, 2.24) is 43.6 Å². The van der Waals surface area contributed by atoms with Gasteiger partial charge in [-0.15, -0.1) is 0 Å². The SMILES string of the molecule is C.C[C@@]1(O)[C@H](O)[C@@H](CO)O[C@H]1c1cc2c3c(ncnn13)NC(=O)CC2.C[C@@]1(O)[C@H](O)[C@@H](CO)O[C@H]1c1cc2ccc(=N)nc3c2n1NC=N3.Cc1cc(=O)nc2c3c1cc([C@@H]1O[C@H](CO)[C@@H](O)[C@@]1(C)O)n3NC=N2.Cc1cc2cc([C@@H]3O[C@H](CO)[C@@H](O)[C@@]3(C)O)n3c2c(nc1=O)N=CN3. The standard InChI is InChI=1S/2C16H18N4O5.C15H17N5O4.C15H18N4O5.CH4/c1-7-3-11(22)19-15-12-8(7)4-9(20(12)18-6-17-15)14-16(2,24)13(23)10(5-21)25-14;1-7-3-8-4-9(13-16(2,24)12(22)10(5-21)25-13)20-11(8)14(17-6-18-20)19-15(7)23;1-15(23)12(22)9(5-21)24-13(15)8-4-7-2-3-10(16)19-14-11(7)20(8)18-6-17-14;1-15(23)12(22)9(5-20)24-13(15)8-4-7-2-3-10(21)18-14-11(7)19(8)17-6-16-14;/h3-4,6,10,13-14,21,23-24H,5H2,1-2H3,(H,17,18,19,22);3-4,6,10,12-13,21-22,24H,5H2,1-2H3,(H,17,18,19,23);2-4,6,9,12-13,21-23H,5H2,1H3,(H2,16,17,18,19);4,6,9,12-13,20,22-23H,2-3,5H2,1H3,(H,16,17,18,21);1H4/t10-,13-,14+,16-;10-,12-,13+,16-;2*9-,12-,13+,15-;/m1111./s1. The van der Waals surface area contributed by atoms with Gasteiger partial charge in [0.05, 0.1) is 49.2 Å². The van der Waals surface area contributed by atoms with Gasteiger partial charge < -0.3 is 85.5 Å². The molecule has 4 fully saturated rings. The third-order valence-corrected chi connectivity index (χ3v) is 19.0. The van der Waals surface area contributed by atoms with Crippen molar-refractivity contribution >= 4 is 86.4 Å². The van der Waals surface area contributed by atoms with Crippen molar-refractivity contribution in [2.24, 2.45) is 15.0 Å². The van der Waals surface area contributed by atoms with Crippen molar-refractivity contribution in [2.45, 2.75) is 157 Å². The molecular weight excluding hydrogens is 1300 g/mol. The van der Waals surface area contributed by atoms with Gasteiger partial charge in [-0.25, -0.2) is 29.5 Å². The summed E-state index contributed by atoms with van der Waals surface area (Å²) in [6, 6.07) is 13.5. The highest BCUT2D eigenvalue weighted by Gasteiger charge is 2.57. The quantitative estimate of drug-likeness (QED) is 0.0782. The number of aliphatic hydroxyl groups is 12. The molecule has 8 aromatic rings. The van der Waals surface area contributed by atoms with E-state index < -0.39 is 128 Å². The lowest BCUT2D eigenvalue weighted by Crippen LogP contribution is -2.43. The topological polar surface area (TPSA) is 524 Å². The first-order chi connectivity index (χ1) is 46.5. The summed E-state index contributed by atoms with van der Waals surface area (Å²) in [5.41, 5.74) is 8.46. The van der Waals surface area contributed by atoms with Crippen molar-refractivity contribution in [1.29, 1.82) is 5.41 Å². The Labute approximate surface area is 559 Å². The van der Waals surface area contributed by atoms with Crippen LogP contribution in [0.4, 0.5) is 23.3 Å². The Kier molecular flexibility index (Phi) is 18.3. The van der Waals surface area contributed by atoms with Crippen LogP contribution in [0.15, 0.2) is 79.4 Å². The zero-order chi connectivity index (χ0) is 70.0. The molecule has 99 heavy (non-hydrogen) atoms. The van der Waals surface area contributed by atoms with E-state index in [1.165, 1.54) is 59.1 Å². The molecule has 8 aliphatic heterocycles. The molecule has 4 saturated heterocycles. The van der Waals surface area contributed by atoms with Crippen LogP contribution in [0.3, 0.4) is 0 Å².